The van der Waals surface area contributed by atoms with Crippen LogP contribution in [0, 0.1) is 50.2 Å². The molecule has 35 nitrogen and oxygen atoms in total. The number of esters is 1. The van der Waals surface area contributed by atoms with Gasteiger partial charge in [0, 0.05) is 5.92 Å². The minimum absolute atomic E-state index is 0. The van der Waals surface area contributed by atoms with Crippen molar-refractivity contribution in [1.82, 2.24) is 0 Å². The van der Waals surface area contributed by atoms with E-state index in [1.54, 1.807) is 19.9 Å². The Bertz CT molecular complexity index is 3580. The third-order valence-corrected chi connectivity index (χ3v) is 23.0. The molecule has 522 valence electrons. The Labute approximate surface area is 722 Å². The number of rotatable bonds is 26. The SMILES string of the molecule is CCCCCCOC(=O)[C@@]1(C)CC[C@]2(C)CC[C@]3(C)C(=CC(=O)[C@@H]4[C@@]5(C)CC[C@H](O[C@@H]6O[C@H](COS(=O)(=O)[O-])[C@@H](O[C@@H]7O[C@H](COS(=O)(=O)[O-])[C@H](OS(=O)(=O)[O-])[C@H](OS(=O)(=O)[O-])[C@H]7OS(=O)(=O)[O-])[C@H](OS(=O)(=O)[O-])[C@H]6OS(=O)(=O)[O-])C(C)(C)[C@@H]5CC[C@]43C)[C@@H]2C1.[Na+].[Na+].[Na+].[Na+].[Na+].[Na+].[Na+]. The molecule has 0 amide bonds. The maximum absolute atomic E-state index is 15.3. The molecule has 4 saturated carbocycles. The topological polar surface area (TPSA) is 545 Å². The van der Waals surface area contributed by atoms with Crippen LogP contribution in [0.15, 0.2) is 11.6 Å². The summed E-state index contributed by atoms with van der Waals surface area (Å²) in [7, 11) is -44.2. The third-order valence-electron chi connectivity index (χ3n) is 19.9. The summed E-state index contributed by atoms with van der Waals surface area (Å²) in [6.45, 7) is 12.1. The fourth-order valence-electron chi connectivity index (χ4n) is 15.7. The molecule has 0 unspecified atom stereocenters. The van der Waals surface area contributed by atoms with E-state index in [0.717, 1.165) is 37.7 Å². The van der Waals surface area contributed by atoms with Crippen molar-refractivity contribution in [3.8, 4) is 0 Å². The van der Waals surface area contributed by atoms with E-state index in [1.807, 2.05) is 13.8 Å². The number of allylic oxidation sites excluding steroid dienone is 2. The Hall–Kier alpha value is 4.81. The number of fused-ring (bicyclic) bond motifs is 7. The summed E-state index contributed by atoms with van der Waals surface area (Å²) in [6, 6.07) is 0. The fourth-order valence-corrected chi connectivity index (χ4v) is 18.7. The molecule has 2 heterocycles. The number of ketones is 1. The van der Waals surface area contributed by atoms with Gasteiger partial charge >= 0.3 is 213 Å². The summed E-state index contributed by atoms with van der Waals surface area (Å²) in [5, 5.41) is 0. The van der Waals surface area contributed by atoms with E-state index >= 15 is 4.79 Å². The largest absolute Gasteiger partial charge is 1.00 e. The standard InChI is InChI=1S/C48H78O35S7.7Na/c1-9-10-11-12-21-72-42(50)45(5)18-17-44(4)19-20-47(7)26(27(44)23-45)22-28(49)39-46(6)15-14-32(43(2,3)31(46)13-16-48(39,47)8)77-40-37(82-89(66,67)68)35(80-87(60,61)62)33(29(75-40)24-73-84(51,52)53)78-41-38(83-90(69,70)71)36(81-88(63,64)65)34(79-86(57,58)59)30(76-41)25-74-85(54,55)56;;;;;;;/h22,27,29-41H,9-21,23-25H2,1-8H3,(H,51,52,53)(H,54,55,56)(H,57,58,59)(H,60,61,62)(H,63,64,65)(H,66,67,68)(H,69,70,71);;;;;;;/q;7*+1/p-7/t27-,29+,30+,31-,32-,33+,34-,35-,36-,37+,38+,39+,40-,41-,44+,45-,46-,47+,48+;;;;;;;/m0......./s1. The fraction of sp³-hybridized carbons (Fsp3) is 0.917. The van der Waals surface area contributed by atoms with Gasteiger partial charge in [-0.3, -0.25) is 38.9 Å². The van der Waals surface area contributed by atoms with Gasteiger partial charge < -0.3 is 55.6 Å². The number of ether oxygens (including phenoxy) is 5. The van der Waals surface area contributed by atoms with Crippen LogP contribution in [0.1, 0.15) is 139 Å². The van der Waals surface area contributed by atoms with Crippen LogP contribution in [0.4, 0.5) is 0 Å². The Balaban J connectivity index is 0.0000132. The Morgan fingerprint density at radius 2 is 0.948 bits per heavy atom. The number of hydrogen-bond donors (Lipinski definition) is 0. The predicted molar refractivity (Wildman–Crippen MR) is 286 cm³/mol. The molecule has 49 heteroatoms. The minimum Gasteiger partial charge on any atom is -0.726 e. The van der Waals surface area contributed by atoms with Gasteiger partial charge in [0.15, 0.2) is 30.6 Å². The summed E-state index contributed by atoms with van der Waals surface area (Å²) in [6.07, 6.45) is -23.4. The van der Waals surface area contributed by atoms with Crippen LogP contribution < -0.4 is 207 Å². The molecule has 0 bridgehead atoms. The zero-order valence-corrected chi connectivity index (χ0v) is 76.3. The van der Waals surface area contributed by atoms with Gasteiger partial charge in [0.25, 0.3) is 0 Å². The van der Waals surface area contributed by atoms with Crippen molar-refractivity contribution in [3.63, 3.8) is 0 Å². The maximum Gasteiger partial charge on any atom is 1.00 e. The van der Waals surface area contributed by atoms with Gasteiger partial charge in [-0.25, -0.2) is 58.9 Å². The normalized spacial score (nSPS) is 36.6. The number of hydrogen-bond acceptors (Lipinski definition) is 35. The molecular weight excluding hydrogens is 1520 g/mol. The number of unbranched alkanes of at least 4 members (excludes halogenated alkanes) is 3. The van der Waals surface area contributed by atoms with Crippen LogP contribution >= 0.6 is 0 Å². The Morgan fingerprint density at radius 3 is 1.41 bits per heavy atom. The first-order valence-electron chi connectivity index (χ1n) is 28.2. The second kappa shape index (κ2) is 37.9. The maximum atomic E-state index is 15.3. The van der Waals surface area contributed by atoms with Crippen LogP contribution in [0.3, 0.4) is 0 Å². The quantitative estimate of drug-likeness (QED) is 0.0194. The van der Waals surface area contributed by atoms with E-state index in [-0.39, 0.29) is 243 Å². The monoisotopic (exact) mass is 1590 g/mol. The van der Waals surface area contributed by atoms with E-state index < -0.39 is 192 Å². The van der Waals surface area contributed by atoms with E-state index in [1.165, 1.54) is 0 Å². The Kier molecular flexibility index (Phi) is 39.8. The molecule has 97 heavy (non-hydrogen) atoms. The van der Waals surface area contributed by atoms with Crippen molar-refractivity contribution in [2.24, 2.45) is 50.2 Å². The van der Waals surface area contributed by atoms with Gasteiger partial charge in [-0.2, -0.15) is 0 Å². The van der Waals surface area contributed by atoms with Crippen LogP contribution in [0.2, 0.25) is 0 Å². The van der Waals surface area contributed by atoms with Gasteiger partial charge in [0.2, 0.25) is 72.8 Å². The van der Waals surface area contributed by atoms with Crippen LogP contribution in [-0.4, -0.2) is 190 Å². The molecule has 0 aromatic carbocycles. The van der Waals surface area contributed by atoms with Gasteiger partial charge in [-0.15, -0.1) is 0 Å². The van der Waals surface area contributed by atoms with Crippen molar-refractivity contribution in [1.29, 1.82) is 0 Å². The molecule has 5 aliphatic carbocycles. The first-order valence-corrected chi connectivity index (χ1v) is 37.6. The average Bonchev–Trinajstić information content (AvgIpc) is 0.674. The smallest absolute Gasteiger partial charge is 0.726 e. The molecule has 7 aliphatic rings. The van der Waals surface area contributed by atoms with E-state index in [9.17, 15) is 95.6 Å². The van der Waals surface area contributed by atoms with Gasteiger partial charge in [-0.1, -0.05) is 73.3 Å². The van der Waals surface area contributed by atoms with E-state index in [0.29, 0.717) is 45.1 Å². The van der Waals surface area contributed by atoms with E-state index in [2.05, 4.69) is 57.0 Å². The summed E-state index contributed by atoms with van der Waals surface area (Å²) < 4.78 is 314. The second-order valence-corrected chi connectivity index (χ2v) is 33.0. The molecule has 0 aromatic heterocycles. The summed E-state index contributed by atoms with van der Waals surface area (Å²) >= 11 is 0. The third kappa shape index (κ3) is 25.4. The van der Waals surface area contributed by atoms with Crippen LogP contribution in [0.25, 0.3) is 0 Å². The molecule has 0 N–H and O–H groups in total. The zero-order valence-electron chi connectivity index (χ0n) is 56.6. The number of carbonyl (C=O) groups excluding carboxylic acids is 2. The summed E-state index contributed by atoms with van der Waals surface area (Å²) in [4.78, 5) is 29.2. The van der Waals surface area contributed by atoms with Crippen LogP contribution in [0.5, 0.6) is 0 Å². The molecule has 19 atom stereocenters. The Morgan fingerprint density at radius 1 is 0.515 bits per heavy atom. The first-order chi connectivity index (χ1) is 40.8. The van der Waals surface area contributed by atoms with Gasteiger partial charge in [0.05, 0.1) is 31.3 Å². The molecule has 7 rings (SSSR count). The molecule has 6 fully saturated rings. The van der Waals surface area contributed by atoms with Crippen molar-refractivity contribution in [2.45, 2.75) is 206 Å². The number of carbonyl (C=O) groups is 2. The van der Waals surface area contributed by atoms with Crippen molar-refractivity contribution < 1.29 is 360 Å². The summed E-state index contributed by atoms with van der Waals surface area (Å²) in [5.41, 5.74) is -3.57. The van der Waals surface area contributed by atoms with Crippen molar-refractivity contribution in [3.05, 3.63) is 11.6 Å². The molecule has 0 spiro atoms. The van der Waals surface area contributed by atoms with Crippen LogP contribution in [-0.2, 0) is 135 Å². The predicted octanol–water partition coefficient (Wildman–Crippen LogP) is -20.5. The molecule has 2 aliphatic heterocycles. The van der Waals surface area contributed by atoms with Gasteiger partial charge in [0.1, 0.15) is 36.6 Å². The summed E-state index contributed by atoms with van der Waals surface area (Å²) in [5.74, 6) is -1.85. The molecule has 0 radical (unpaired) electrons. The first kappa shape index (κ1) is 102. The van der Waals surface area contributed by atoms with Gasteiger partial charge in [-0.05, 0) is 116 Å². The minimum atomic E-state index is -6.52. The molecule has 2 saturated heterocycles. The molecular formula is C48H71Na7O35S7. The zero-order chi connectivity index (χ0) is 67.8. The molecule has 0 aromatic rings. The second-order valence-electron chi connectivity index (χ2n) is 25.9. The van der Waals surface area contributed by atoms with Crippen molar-refractivity contribution in [2.75, 3.05) is 19.8 Å². The van der Waals surface area contributed by atoms with Crippen molar-refractivity contribution >= 4 is 84.5 Å². The average molecular weight is 1590 g/mol. The van der Waals surface area contributed by atoms with E-state index in [4.69, 9.17) is 23.7 Å².